The molecule has 0 fully saturated rings. The van der Waals surface area contributed by atoms with Crippen molar-refractivity contribution in [3.8, 4) is 0 Å². The Morgan fingerprint density at radius 1 is 1.64 bits per heavy atom. The monoisotopic (exact) mass is 197 g/mol. The van der Waals surface area contributed by atoms with Crippen LogP contribution < -0.4 is 0 Å². The molecule has 0 saturated carbocycles. The zero-order valence-electron chi connectivity index (χ0n) is 8.53. The van der Waals surface area contributed by atoms with Crippen molar-refractivity contribution in [3.63, 3.8) is 0 Å². The van der Waals surface area contributed by atoms with E-state index in [1.165, 1.54) is 0 Å². The maximum atomic E-state index is 11.4. The van der Waals surface area contributed by atoms with E-state index in [9.17, 15) is 4.79 Å². The molecule has 0 saturated heterocycles. The lowest BCUT2D eigenvalue weighted by Gasteiger charge is -2.15. The van der Waals surface area contributed by atoms with E-state index in [4.69, 9.17) is 9.15 Å². The molecule has 0 aliphatic carbocycles. The normalized spacial score (nSPS) is 10.1. The minimum absolute atomic E-state index is 0.0203. The molecule has 1 aromatic heterocycles. The van der Waals surface area contributed by atoms with Crippen molar-refractivity contribution in [2.45, 2.75) is 13.5 Å². The molecule has 1 aromatic rings. The third-order valence-corrected chi connectivity index (χ3v) is 1.86. The van der Waals surface area contributed by atoms with Crippen molar-refractivity contribution in [1.29, 1.82) is 0 Å². The minimum Gasteiger partial charge on any atom is -0.472 e. The highest BCUT2D eigenvalue weighted by atomic mass is 16.5. The van der Waals surface area contributed by atoms with Gasteiger partial charge in [-0.1, -0.05) is 0 Å². The van der Waals surface area contributed by atoms with Crippen LogP contribution in [0.5, 0.6) is 0 Å². The molecule has 14 heavy (non-hydrogen) atoms. The second-order valence-corrected chi connectivity index (χ2v) is 3.02. The molecule has 4 heteroatoms. The van der Waals surface area contributed by atoms with Crippen molar-refractivity contribution >= 4 is 5.91 Å². The predicted molar refractivity (Wildman–Crippen MR) is 51.7 cm³/mol. The van der Waals surface area contributed by atoms with Crippen LogP contribution in [0.15, 0.2) is 23.0 Å². The number of hydrogen-bond acceptors (Lipinski definition) is 3. The van der Waals surface area contributed by atoms with Crippen molar-refractivity contribution in [3.05, 3.63) is 24.2 Å². The molecule has 4 nitrogen and oxygen atoms in total. The van der Waals surface area contributed by atoms with E-state index in [0.717, 1.165) is 5.56 Å². The van der Waals surface area contributed by atoms with Gasteiger partial charge < -0.3 is 14.1 Å². The first-order valence-corrected chi connectivity index (χ1v) is 4.56. The number of ether oxygens (including phenoxy) is 1. The molecule has 0 N–H and O–H groups in total. The summed E-state index contributed by atoms with van der Waals surface area (Å²) < 4.78 is 9.93. The number of carbonyl (C=O) groups is 1. The van der Waals surface area contributed by atoms with Gasteiger partial charge in [-0.3, -0.25) is 4.79 Å². The van der Waals surface area contributed by atoms with Gasteiger partial charge in [0, 0.05) is 25.8 Å². The fourth-order valence-corrected chi connectivity index (χ4v) is 1.04. The first-order chi connectivity index (χ1) is 6.74. The van der Waals surface area contributed by atoms with Crippen LogP contribution in [0.4, 0.5) is 0 Å². The van der Waals surface area contributed by atoms with Crippen LogP contribution in [0.2, 0.25) is 0 Å². The van der Waals surface area contributed by atoms with Gasteiger partial charge >= 0.3 is 0 Å². The van der Waals surface area contributed by atoms with E-state index in [1.54, 1.807) is 24.5 Å². The van der Waals surface area contributed by atoms with E-state index >= 15 is 0 Å². The van der Waals surface area contributed by atoms with Crippen LogP contribution in [0.1, 0.15) is 12.5 Å². The van der Waals surface area contributed by atoms with E-state index in [1.807, 2.05) is 13.0 Å². The van der Waals surface area contributed by atoms with E-state index in [0.29, 0.717) is 13.2 Å². The molecular weight excluding hydrogens is 182 g/mol. The topological polar surface area (TPSA) is 42.7 Å². The van der Waals surface area contributed by atoms with Gasteiger partial charge in [0.15, 0.2) is 0 Å². The molecule has 0 aliphatic rings. The fraction of sp³-hybridized carbons (Fsp3) is 0.500. The second kappa shape index (κ2) is 5.44. The average Bonchev–Trinajstić information content (AvgIpc) is 2.66. The molecule has 0 radical (unpaired) electrons. The summed E-state index contributed by atoms with van der Waals surface area (Å²) in [6, 6.07) is 1.84. The standard InChI is InChI=1S/C10H15NO3/c1-3-13-8-10(12)11(2)6-9-4-5-14-7-9/h4-5,7H,3,6,8H2,1-2H3. The number of rotatable bonds is 5. The lowest BCUT2D eigenvalue weighted by Crippen LogP contribution is -2.29. The highest BCUT2D eigenvalue weighted by Gasteiger charge is 2.09. The summed E-state index contributed by atoms with van der Waals surface area (Å²) in [5, 5.41) is 0. The Labute approximate surface area is 83.5 Å². The summed E-state index contributed by atoms with van der Waals surface area (Å²) in [5.41, 5.74) is 0.984. The molecular formula is C10H15NO3. The van der Waals surface area contributed by atoms with Gasteiger partial charge in [0.05, 0.1) is 12.5 Å². The SMILES string of the molecule is CCOCC(=O)N(C)Cc1ccoc1. The van der Waals surface area contributed by atoms with Gasteiger partial charge in [-0.2, -0.15) is 0 Å². The Kier molecular flexibility index (Phi) is 4.19. The Balaban J connectivity index is 2.34. The van der Waals surface area contributed by atoms with Gasteiger partial charge in [-0.15, -0.1) is 0 Å². The van der Waals surface area contributed by atoms with Crippen molar-refractivity contribution in [2.75, 3.05) is 20.3 Å². The van der Waals surface area contributed by atoms with Crippen LogP contribution in [0.25, 0.3) is 0 Å². The van der Waals surface area contributed by atoms with Crippen LogP contribution in [-0.4, -0.2) is 31.1 Å². The fourth-order valence-electron chi connectivity index (χ4n) is 1.04. The maximum Gasteiger partial charge on any atom is 0.248 e. The molecule has 1 heterocycles. The van der Waals surface area contributed by atoms with Gasteiger partial charge in [0.25, 0.3) is 0 Å². The third kappa shape index (κ3) is 3.22. The summed E-state index contributed by atoms with van der Waals surface area (Å²) >= 11 is 0. The largest absolute Gasteiger partial charge is 0.472 e. The van der Waals surface area contributed by atoms with E-state index in [-0.39, 0.29) is 12.5 Å². The van der Waals surface area contributed by atoms with Gasteiger partial charge in [0.2, 0.25) is 5.91 Å². The molecule has 0 aliphatic heterocycles. The molecule has 0 aromatic carbocycles. The molecule has 0 spiro atoms. The van der Waals surface area contributed by atoms with Crippen molar-refractivity contribution < 1.29 is 13.9 Å². The number of hydrogen-bond donors (Lipinski definition) is 0. The van der Waals surface area contributed by atoms with Crippen LogP contribution in [-0.2, 0) is 16.1 Å². The first-order valence-electron chi connectivity index (χ1n) is 4.56. The number of furan rings is 1. The molecule has 1 rings (SSSR count). The van der Waals surface area contributed by atoms with Crippen molar-refractivity contribution in [2.24, 2.45) is 0 Å². The zero-order valence-corrected chi connectivity index (χ0v) is 8.53. The smallest absolute Gasteiger partial charge is 0.248 e. The molecule has 0 bridgehead atoms. The molecule has 1 amide bonds. The van der Waals surface area contributed by atoms with Crippen LogP contribution >= 0.6 is 0 Å². The summed E-state index contributed by atoms with van der Waals surface area (Å²) in [7, 11) is 1.74. The Bertz CT molecular complexity index is 269. The maximum absolute atomic E-state index is 11.4. The number of likely N-dealkylation sites (N-methyl/N-ethyl adjacent to an activating group) is 1. The Morgan fingerprint density at radius 3 is 3.00 bits per heavy atom. The summed E-state index contributed by atoms with van der Waals surface area (Å²) in [5.74, 6) is -0.0203. The molecule has 0 unspecified atom stereocenters. The number of carbonyl (C=O) groups excluding carboxylic acids is 1. The Morgan fingerprint density at radius 2 is 2.43 bits per heavy atom. The first kappa shape index (κ1) is 10.8. The van der Waals surface area contributed by atoms with Gasteiger partial charge in [-0.05, 0) is 13.0 Å². The highest BCUT2D eigenvalue weighted by Crippen LogP contribution is 2.03. The third-order valence-electron chi connectivity index (χ3n) is 1.86. The van der Waals surface area contributed by atoms with Gasteiger partial charge in [0.1, 0.15) is 6.61 Å². The van der Waals surface area contributed by atoms with Crippen molar-refractivity contribution in [1.82, 2.24) is 4.90 Å². The minimum atomic E-state index is -0.0203. The van der Waals surface area contributed by atoms with Crippen LogP contribution in [0, 0.1) is 0 Å². The molecule has 0 atom stereocenters. The quantitative estimate of drug-likeness (QED) is 0.714. The van der Waals surface area contributed by atoms with Gasteiger partial charge in [-0.25, -0.2) is 0 Å². The lowest BCUT2D eigenvalue weighted by atomic mass is 10.3. The summed E-state index contributed by atoms with van der Waals surface area (Å²) in [6.07, 6.45) is 3.22. The second-order valence-electron chi connectivity index (χ2n) is 3.02. The summed E-state index contributed by atoms with van der Waals surface area (Å²) in [6.45, 7) is 3.13. The number of nitrogens with zero attached hydrogens (tertiary/aromatic N) is 1. The predicted octanol–water partition coefficient (Wildman–Crippen LogP) is 1.27. The Hall–Kier alpha value is -1.29. The average molecular weight is 197 g/mol. The summed E-state index contributed by atoms with van der Waals surface area (Å²) in [4.78, 5) is 13.0. The van der Waals surface area contributed by atoms with E-state index in [2.05, 4.69) is 0 Å². The zero-order chi connectivity index (χ0) is 10.4. The lowest BCUT2D eigenvalue weighted by molar-refractivity contribution is -0.135. The van der Waals surface area contributed by atoms with E-state index < -0.39 is 0 Å². The number of amides is 1. The highest BCUT2D eigenvalue weighted by molar-refractivity contribution is 5.77. The molecule has 78 valence electrons. The van der Waals surface area contributed by atoms with Crippen LogP contribution in [0.3, 0.4) is 0 Å².